The fourth-order valence-corrected chi connectivity index (χ4v) is 5.42. The van der Waals surface area contributed by atoms with Gasteiger partial charge in [-0.25, -0.2) is 0 Å². The normalized spacial score (nSPS) is 12.6. The number of benzene rings is 1. The van der Waals surface area contributed by atoms with Crippen molar-refractivity contribution in [3.05, 3.63) is 39.9 Å². The van der Waals surface area contributed by atoms with Crippen molar-refractivity contribution in [3.63, 3.8) is 0 Å². The number of ether oxygens (including phenoxy) is 1. The second kappa shape index (κ2) is 24.4. The van der Waals surface area contributed by atoms with Crippen molar-refractivity contribution in [2.24, 2.45) is 0 Å². The second-order valence-corrected chi connectivity index (χ2v) is 12.8. The second-order valence-electron chi connectivity index (χ2n) is 10.7. The molecule has 43 heavy (non-hydrogen) atoms. The summed E-state index contributed by atoms with van der Waals surface area (Å²) in [6.45, 7) is 1.61. The van der Waals surface area contributed by atoms with Gasteiger partial charge in [0.15, 0.2) is 9.95 Å². The summed E-state index contributed by atoms with van der Waals surface area (Å²) in [4.78, 5) is 45.9. The van der Waals surface area contributed by atoms with Gasteiger partial charge in [-0.15, -0.1) is 0 Å². The third-order valence-corrected chi connectivity index (χ3v) is 8.42. The van der Waals surface area contributed by atoms with E-state index < -0.39 is 40.4 Å². The van der Waals surface area contributed by atoms with Gasteiger partial charge in [-0.3, -0.25) is 24.5 Å². The largest absolute Gasteiger partial charge is 0.455 e. The Morgan fingerprint density at radius 2 is 1.37 bits per heavy atom. The Labute approximate surface area is 270 Å². The van der Waals surface area contributed by atoms with Crippen LogP contribution in [0.25, 0.3) is 0 Å². The van der Waals surface area contributed by atoms with Gasteiger partial charge in [0.1, 0.15) is 6.10 Å². The zero-order valence-corrected chi connectivity index (χ0v) is 27.6. The smallest absolute Gasteiger partial charge is 0.317 e. The van der Waals surface area contributed by atoms with Crippen LogP contribution in [-0.2, 0) is 19.1 Å². The van der Waals surface area contributed by atoms with Gasteiger partial charge in [0.05, 0.1) is 23.3 Å². The number of amides is 1. The number of rotatable bonds is 25. The van der Waals surface area contributed by atoms with E-state index in [0.29, 0.717) is 12.0 Å². The van der Waals surface area contributed by atoms with Gasteiger partial charge in [-0.1, -0.05) is 132 Å². The van der Waals surface area contributed by atoms with Crippen LogP contribution >= 0.6 is 35.0 Å². The summed E-state index contributed by atoms with van der Waals surface area (Å²) in [5, 5.41) is 23.2. The Balaban J connectivity index is 2.34. The molecule has 0 spiro atoms. The summed E-state index contributed by atoms with van der Waals surface area (Å²) in [5.74, 6) is -1.79. The zero-order valence-electron chi connectivity index (χ0n) is 25.3. The van der Waals surface area contributed by atoms with Crippen LogP contribution in [-0.4, -0.2) is 50.3 Å². The van der Waals surface area contributed by atoms with Crippen LogP contribution in [0.1, 0.15) is 121 Å². The minimum absolute atomic E-state index is 0.113. The Morgan fingerprint density at radius 3 is 1.81 bits per heavy atom. The lowest BCUT2D eigenvalue weighted by Crippen LogP contribution is -2.45. The van der Waals surface area contributed by atoms with E-state index in [1.165, 1.54) is 101 Å². The topological polar surface area (TPSA) is 136 Å². The van der Waals surface area contributed by atoms with E-state index in [2.05, 4.69) is 12.2 Å². The van der Waals surface area contributed by atoms with Gasteiger partial charge in [0.2, 0.25) is 0 Å². The highest BCUT2D eigenvalue weighted by Crippen LogP contribution is 2.26. The molecule has 1 rings (SSSR count). The molecule has 0 aromatic heterocycles. The minimum Gasteiger partial charge on any atom is -0.455 e. The molecule has 9 nitrogen and oxygen atoms in total. The van der Waals surface area contributed by atoms with Gasteiger partial charge in [-0.2, -0.15) is 0 Å². The molecule has 2 N–H and O–H groups in total. The molecule has 0 heterocycles. The number of nitrogens with zero attached hydrogens (tertiary/aromatic N) is 1. The van der Waals surface area contributed by atoms with Gasteiger partial charge in [-0.05, 0) is 24.1 Å². The molecule has 0 fully saturated rings. The number of non-ortho nitro benzene ring substituents is 1. The molecule has 12 heteroatoms. The predicted octanol–water partition coefficient (Wildman–Crippen LogP) is 7.98. The molecule has 0 radical (unpaired) electrons. The minimum atomic E-state index is -1.42. The molecule has 0 saturated carbocycles. The average Bonchev–Trinajstić information content (AvgIpc) is 2.99. The van der Waals surface area contributed by atoms with Crippen molar-refractivity contribution in [3.8, 4) is 0 Å². The van der Waals surface area contributed by atoms with E-state index in [1.54, 1.807) is 0 Å². The third kappa shape index (κ3) is 18.5. The molecular formula is C31H48Cl2N2O7S. The fourth-order valence-electron chi connectivity index (χ4n) is 4.66. The Kier molecular flexibility index (Phi) is 22.3. The number of aliphatic hydroxyl groups excluding tert-OH is 1. The van der Waals surface area contributed by atoms with Crippen LogP contribution in [0.2, 0.25) is 0 Å². The quantitative estimate of drug-likeness (QED) is 0.0353. The van der Waals surface area contributed by atoms with Crippen LogP contribution in [0.5, 0.6) is 0 Å². The van der Waals surface area contributed by atoms with Crippen LogP contribution in [0, 0.1) is 10.1 Å². The van der Waals surface area contributed by atoms with Gasteiger partial charge < -0.3 is 15.2 Å². The molecular weight excluding hydrogens is 615 g/mol. The first kappa shape index (κ1) is 39.1. The Morgan fingerprint density at radius 1 is 0.884 bits per heavy atom. The maximum absolute atomic E-state index is 12.6. The lowest BCUT2D eigenvalue weighted by atomic mass is 10.0. The van der Waals surface area contributed by atoms with E-state index in [0.717, 1.165) is 31.0 Å². The van der Waals surface area contributed by atoms with E-state index in [4.69, 9.17) is 27.9 Å². The Bertz CT molecular complexity index is 951. The monoisotopic (exact) mass is 662 g/mol. The van der Waals surface area contributed by atoms with Crippen molar-refractivity contribution >= 4 is 57.6 Å². The zero-order chi connectivity index (χ0) is 31.9. The van der Waals surface area contributed by atoms with Crippen molar-refractivity contribution in [1.29, 1.82) is 0 Å². The predicted molar refractivity (Wildman–Crippen MR) is 173 cm³/mol. The average molecular weight is 664 g/mol. The summed E-state index contributed by atoms with van der Waals surface area (Å²) < 4.78 is 5.51. The molecule has 1 aromatic rings. The number of carbonyl (C=O) groups excluding carboxylic acids is 3. The molecule has 0 aliphatic rings. The van der Waals surface area contributed by atoms with Gasteiger partial charge >= 0.3 is 5.97 Å². The van der Waals surface area contributed by atoms with Crippen molar-refractivity contribution < 1.29 is 29.2 Å². The Hall–Kier alpha value is -1.88. The van der Waals surface area contributed by atoms with Gasteiger partial charge in [0.25, 0.3) is 11.6 Å². The highest BCUT2D eigenvalue weighted by Gasteiger charge is 2.30. The van der Waals surface area contributed by atoms with E-state index >= 15 is 0 Å². The number of unbranched alkanes of at least 4 members (excludes halogenated alkanes) is 14. The number of halogens is 2. The molecule has 0 saturated heterocycles. The van der Waals surface area contributed by atoms with E-state index in [-0.39, 0.29) is 16.6 Å². The number of aliphatic hydroxyl groups is 1. The van der Waals surface area contributed by atoms with Crippen LogP contribution in [0.15, 0.2) is 24.3 Å². The number of thioether (sulfide) groups is 1. The molecule has 1 aromatic carbocycles. The summed E-state index contributed by atoms with van der Waals surface area (Å²) in [6, 6.07) is 4.03. The molecule has 0 aliphatic carbocycles. The van der Waals surface area contributed by atoms with Crippen LogP contribution in [0.4, 0.5) is 5.69 Å². The van der Waals surface area contributed by atoms with Crippen molar-refractivity contribution in [2.45, 2.75) is 127 Å². The molecule has 244 valence electrons. The van der Waals surface area contributed by atoms with Crippen LogP contribution in [0.3, 0.4) is 0 Å². The number of hydrogen-bond donors (Lipinski definition) is 2. The molecule has 2 atom stereocenters. The number of carbonyl (C=O) groups is 3. The summed E-state index contributed by atoms with van der Waals surface area (Å²) in [7, 11) is 0. The molecule has 1 amide bonds. The van der Waals surface area contributed by atoms with Crippen molar-refractivity contribution in [1.82, 2.24) is 5.32 Å². The fraction of sp³-hybridized carbons (Fsp3) is 0.710. The first-order valence-electron chi connectivity index (χ1n) is 15.5. The van der Waals surface area contributed by atoms with E-state index in [1.807, 2.05) is 0 Å². The highest BCUT2D eigenvalue weighted by molar-refractivity contribution is 8.14. The standard InChI is InChI=1S/C31H48Cl2N2O7S/c1-2-3-4-5-6-7-8-9-10-11-12-13-14-15-16-17-28(38)43-23-27(37)42-29(26(22-36)34-31(39)30(32)33)24-18-20-25(21-19-24)35(40)41/h18-21,26,29-30,36H,2-17,22-23H2,1H3,(H,34,39)/t26-,29-/m1/s1. The summed E-state index contributed by atoms with van der Waals surface area (Å²) in [5.41, 5.74) is 0.119. The maximum Gasteiger partial charge on any atom is 0.317 e. The van der Waals surface area contributed by atoms with E-state index in [9.17, 15) is 29.6 Å². The summed E-state index contributed by atoms with van der Waals surface area (Å²) in [6.07, 6.45) is 17.8. The van der Waals surface area contributed by atoms with Gasteiger partial charge in [0, 0.05) is 18.6 Å². The lowest BCUT2D eigenvalue weighted by molar-refractivity contribution is -0.384. The lowest BCUT2D eigenvalue weighted by Gasteiger charge is -2.27. The highest BCUT2D eigenvalue weighted by atomic mass is 35.5. The first-order chi connectivity index (χ1) is 20.7. The number of nitro benzene ring substituents is 1. The molecule has 0 aliphatic heterocycles. The number of hydrogen-bond acceptors (Lipinski definition) is 8. The third-order valence-electron chi connectivity index (χ3n) is 7.11. The number of nitrogens with one attached hydrogen (secondary N) is 1. The number of alkyl halides is 2. The number of nitro groups is 1. The molecule has 0 unspecified atom stereocenters. The maximum atomic E-state index is 12.6. The first-order valence-corrected chi connectivity index (χ1v) is 17.3. The number of esters is 1. The SMILES string of the molecule is CCCCCCCCCCCCCCCCCC(=O)SCC(=O)O[C@H](c1ccc([N+](=O)[O-])cc1)[C@@H](CO)NC(=O)C(Cl)Cl. The van der Waals surface area contributed by atoms with Crippen LogP contribution < -0.4 is 5.32 Å². The summed E-state index contributed by atoms with van der Waals surface area (Å²) >= 11 is 12.0. The van der Waals surface area contributed by atoms with Crippen molar-refractivity contribution in [2.75, 3.05) is 12.4 Å². The molecule has 0 bridgehead atoms.